The Kier molecular flexibility index (Phi) is 6.69. The molecule has 1 atom stereocenters. The van der Waals surface area contributed by atoms with Crippen molar-refractivity contribution in [3.05, 3.63) is 99.4 Å². The molecule has 0 aliphatic carbocycles. The molecular formula is C26H27FN2O3. The van der Waals surface area contributed by atoms with Gasteiger partial charge in [0.05, 0.1) is 17.6 Å². The standard InChI is InChI=1S/C26H27FN2O3/c1-2-3-16-32-24-12-13-25-20(18-24)14-15-28(22-10-6-21(27)7-11-22)26(25)17-19-4-8-23(9-5-19)29(30)31/h4-13,18,26H,2-3,14-17H2,1H3. The number of anilines is 1. The lowest BCUT2D eigenvalue weighted by atomic mass is 9.88. The summed E-state index contributed by atoms with van der Waals surface area (Å²) in [5.41, 5.74) is 4.53. The summed E-state index contributed by atoms with van der Waals surface area (Å²) in [7, 11) is 0. The van der Waals surface area contributed by atoms with Gasteiger partial charge >= 0.3 is 0 Å². The van der Waals surface area contributed by atoms with Gasteiger partial charge in [-0.15, -0.1) is 0 Å². The molecule has 0 saturated carbocycles. The fourth-order valence-corrected chi connectivity index (χ4v) is 4.25. The molecule has 1 aliphatic heterocycles. The van der Waals surface area contributed by atoms with E-state index in [1.807, 2.05) is 30.3 Å². The van der Waals surface area contributed by atoms with Crippen LogP contribution in [-0.2, 0) is 12.8 Å². The number of non-ortho nitro benzene ring substituents is 1. The number of hydrogen-bond donors (Lipinski definition) is 0. The van der Waals surface area contributed by atoms with Gasteiger partial charge in [-0.3, -0.25) is 10.1 Å². The van der Waals surface area contributed by atoms with Gasteiger partial charge in [0, 0.05) is 24.4 Å². The second-order valence-electron chi connectivity index (χ2n) is 8.13. The van der Waals surface area contributed by atoms with Crippen LogP contribution in [0.25, 0.3) is 0 Å². The van der Waals surface area contributed by atoms with E-state index in [1.54, 1.807) is 12.1 Å². The smallest absolute Gasteiger partial charge is 0.269 e. The van der Waals surface area contributed by atoms with Crippen LogP contribution in [0, 0.1) is 15.9 Å². The Morgan fingerprint density at radius 1 is 1.09 bits per heavy atom. The van der Waals surface area contributed by atoms with Crippen molar-refractivity contribution >= 4 is 11.4 Å². The van der Waals surface area contributed by atoms with Crippen molar-refractivity contribution in [2.45, 2.75) is 38.6 Å². The Bertz CT molecular complexity index is 1070. The lowest BCUT2D eigenvalue weighted by Crippen LogP contribution is -2.36. The molecule has 0 spiro atoms. The van der Waals surface area contributed by atoms with Crippen LogP contribution in [-0.4, -0.2) is 18.1 Å². The number of fused-ring (bicyclic) bond motifs is 1. The van der Waals surface area contributed by atoms with Gasteiger partial charge in [0.15, 0.2) is 0 Å². The topological polar surface area (TPSA) is 55.6 Å². The molecule has 6 heteroatoms. The Morgan fingerprint density at radius 2 is 1.84 bits per heavy atom. The van der Waals surface area contributed by atoms with Crippen LogP contribution in [0.15, 0.2) is 66.7 Å². The number of nitrogens with zero attached hydrogens (tertiary/aromatic N) is 2. The third kappa shape index (κ3) is 4.90. The Hall–Kier alpha value is -3.41. The zero-order valence-electron chi connectivity index (χ0n) is 18.2. The van der Waals surface area contributed by atoms with Crippen molar-refractivity contribution in [1.29, 1.82) is 0 Å². The number of unbranched alkanes of at least 4 members (excludes halogenated alkanes) is 1. The molecule has 1 aliphatic rings. The minimum absolute atomic E-state index is 0.0374. The highest BCUT2D eigenvalue weighted by molar-refractivity contribution is 5.54. The second kappa shape index (κ2) is 9.81. The number of ether oxygens (including phenoxy) is 1. The first kappa shape index (κ1) is 21.8. The van der Waals surface area contributed by atoms with E-state index in [-0.39, 0.29) is 22.5 Å². The van der Waals surface area contributed by atoms with Crippen LogP contribution >= 0.6 is 0 Å². The van der Waals surface area contributed by atoms with E-state index >= 15 is 0 Å². The summed E-state index contributed by atoms with van der Waals surface area (Å²) in [5, 5.41) is 11.0. The van der Waals surface area contributed by atoms with Gasteiger partial charge in [-0.2, -0.15) is 0 Å². The lowest BCUT2D eigenvalue weighted by molar-refractivity contribution is -0.384. The zero-order chi connectivity index (χ0) is 22.5. The Labute approximate surface area is 187 Å². The first-order valence-corrected chi connectivity index (χ1v) is 11.1. The van der Waals surface area contributed by atoms with Crippen molar-refractivity contribution in [2.24, 2.45) is 0 Å². The van der Waals surface area contributed by atoms with Gasteiger partial charge in [-0.1, -0.05) is 31.5 Å². The Balaban J connectivity index is 1.65. The highest BCUT2D eigenvalue weighted by atomic mass is 19.1. The van der Waals surface area contributed by atoms with E-state index in [9.17, 15) is 14.5 Å². The number of hydrogen-bond acceptors (Lipinski definition) is 4. The molecule has 1 unspecified atom stereocenters. The third-order valence-corrected chi connectivity index (χ3v) is 5.97. The van der Waals surface area contributed by atoms with Crippen LogP contribution < -0.4 is 9.64 Å². The SMILES string of the molecule is CCCCOc1ccc2c(c1)CCN(c1ccc(F)cc1)C2Cc1ccc([N+](=O)[O-])cc1. The average molecular weight is 435 g/mol. The first-order chi connectivity index (χ1) is 15.5. The second-order valence-corrected chi connectivity index (χ2v) is 8.13. The maximum absolute atomic E-state index is 13.5. The summed E-state index contributed by atoms with van der Waals surface area (Å²) in [6.45, 7) is 3.65. The van der Waals surface area contributed by atoms with Crippen LogP contribution in [0.2, 0.25) is 0 Å². The average Bonchev–Trinajstić information content (AvgIpc) is 2.80. The van der Waals surface area contributed by atoms with E-state index in [2.05, 4.69) is 24.0 Å². The number of rotatable bonds is 8. The highest BCUT2D eigenvalue weighted by Crippen LogP contribution is 2.37. The van der Waals surface area contributed by atoms with Crippen molar-refractivity contribution in [1.82, 2.24) is 0 Å². The first-order valence-electron chi connectivity index (χ1n) is 11.1. The molecule has 0 radical (unpaired) electrons. The summed E-state index contributed by atoms with van der Waals surface area (Å²) < 4.78 is 19.4. The fraction of sp³-hybridized carbons (Fsp3) is 0.308. The quantitative estimate of drug-likeness (QED) is 0.239. The van der Waals surface area contributed by atoms with E-state index < -0.39 is 0 Å². The summed E-state index contributed by atoms with van der Waals surface area (Å²) in [4.78, 5) is 12.9. The van der Waals surface area contributed by atoms with Gasteiger partial charge in [0.2, 0.25) is 0 Å². The number of benzene rings is 3. The molecule has 0 saturated heterocycles. The van der Waals surface area contributed by atoms with Gasteiger partial charge in [0.1, 0.15) is 11.6 Å². The minimum Gasteiger partial charge on any atom is -0.494 e. The molecule has 0 aromatic heterocycles. The van der Waals surface area contributed by atoms with Crippen molar-refractivity contribution in [3.8, 4) is 5.75 Å². The van der Waals surface area contributed by atoms with Gasteiger partial charge < -0.3 is 9.64 Å². The molecule has 3 aromatic rings. The monoisotopic (exact) mass is 434 g/mol. The molecule has 0 fully saturated rings. The molecule has 1 heterocycles. The number of halogens is 1. The van der Waals surface area contributed by atoms with E-state index in [0.717, 1.165) is 42.8 Å². The predicted molar refractivity (Wildman–Crippen MR) is 124 cm³/mol. The molecule has 0 amide bonds. The third-order valence-electron chi connectivity index (χ3n) is 5.97. The molecular weight excluding hydrogens is 407 g/mol. The van der Waals surface area contributed by atoms with Crippen LogP contribution in [0.5, 0.6) is 5.75 Å². The van der Waals surface area contributed by atoms with Gasteiger partial charge in [-0.05, 0) is 72.4 Å². The van der Waals surface area contributed by atoms with Crippen molar-refractivity contribution in [2.75, 3.05) is 18.1 Å². The predicted octanol–water partition coefficient (Wildman–Crippen LogP) is 6.26. The van der Waals surface area contributed by atoms with E-state index in [4.69, 9.17) is 4.74 Å². The van der Waals surface area contributed by atoms with Gasteiger partial charge in [-0.25, -0.2) is 4.39 Å². The lowest BCUT2D eigenvalue weighted by Gasteiger charge is -2.39. The van der Waals surface area contributed by atoms with Crippen LogP contribution in [0.4, 0.5) is 15.8 Å². The number of nitro benzene ring substituents is 1. The van der Waals surface area contributed by atoms with Crippen LogP contribution in [0.1, 0.15) is 42.5 Å². The summed E-state index contributed by atoms with van der Waals surface area (Å²) in [6.07, 6.45) is 3.68. The highest BCUT2D eigenvalue weighted by Gasteiger charge is 2.28. The largest absolute Gasteiger partial charge is 0.494 e. The van der Waals surface area contributed by atoms with Crippen molar-refractivity contribution in [3.63, 3.8) is 0 Å². The maximum atomic E-state index is 13.5. The molecule has 166 valence electrons. The van der Waals surface area contributed by atoms with Gasteiger partial charge in [0.25, 0.3) is 5.69 Å². The maximum Gasteiger partial charge on any atom is 0.269 e. The van der Waals surface area contributed by atoms with Crippen LogP contribution in [0.3, 0.4) is 0 Å². The molecule has 0 N–H and O–H groups in total. The summed E-state index contributed by atoms with van der Waals surface area (Å²) in [5.74, 6) is 0.633. The van der Waals surface area contributed by atoms with E-state index in [0.29, 0.717) is 13.0 Å². The molecule has 32 heavy (non-hydrogen) atoms. The molecule has 4 rings (SSSR count). The minimum atomic E-state index is -0.384. The zero-order valence-corrected chi connectivity index (χ0v) is 18.2. The van der Waals surface area contributed by atoms with E-state index in [1.165, 1.54) is 23.3 Å². The molecule has 5 nitrogen and oxygen atoms in total. The van der Waals surface area contributed by atoms with Crippen molar-refractivity contribution < 1.29 is 14.1 Å². The summed E-state index contributed by atoms with van der Waals surface area (Å²) in [6, 6.07) is 19.6. The normalized spacial score (nSPS) is 15.3. The molecule has 0 bridgehead atoms. The Morgan fingerprint density at radius 3 is 2.53 bits per heavy atom. The molecule has 3 aromatic carbocycles. The fourth-order valence-electron chi connectivity index (χ4n) is 4.25. The number of nitro groups is 1. The summed E-state index contributed by atoms with van der Waals surface area (Å²) >= 11 is 0.